The molecule has 0 amide bonds. The van der Waals surface area contributed by atoms with Crippen LogP contribution in [0.3, 0.4) is 0 Å². The summed E-state index contributed by atoms with van der Waals surface area (Å²) in [6, 6.07) is 9.10. The maximum atomic E-state index is 12.5. The third-order valence-electron chi connectivity index (χ3n) is 5.76. The van der Waals surface area contributed by atoms with Crippen molar-refractivity contribution in [2.75, 3.05) is 0 Å². The Morgan fingerprint density at radius 2 is 2.04 bits per heavy atom. The maximum Gasteiger partial charge on any atom is 0.338 e. The first-order valence-electron chi connectivity index (χ1n) is 9.73. The molecule has 4 heteroatoms. The maximum absolute atomic E-state index is 12.5. The summed E-state index contributed by atoms with van der Waals surface area (Å²) < 4.78 is 18.4. The Balaban J connectivity index is 1.70. The van der Waals surface area contributed by atoms with Crippen LogP contribution in [-0.2, 0) is 14.2 Å². The largest absolute Gasteiger partial charge is 0.453 e. The Morgan fingerprint density at radius 3 is 2.65 bits per heavy atom. The highest BCUT2D eigenvalue weighted by molar-refractivity contribution is 5.89. The molecule has 0 N–H and O–H groups in total. The van der Waals surface area contributed by atoms with E-state index < -0.39 is 6.29 Å². The van der Waals surface area contributed by atoms with Gasteiger partial charge in [0.05, 0.1) is 17.3 Å². The second-order valence-corrected chi connectivity index (χ2v) is 7.71. The van der Waals surface area contributed by atoms with Crippen LogP contribution in [0.15, 0.2) is 43.0 Å². The lowest BCUT2D eigenvalue weighted by atomic mass is 9.76. The molecule has 4 nitrogen and oxygen atoms in total. The summed E-state index contributed by atoms with van der Waals surface area (Å²) in [5.74, 6) is -0.00255. The summed E-state index contributed by atoms with van der Waals surface area (Å²) in [7, 11) is 0. The fourth-order valence-electron chi connectivity index (χ4n) is 3.70. The number of esters is 1. The number of carbonyl (C=O) groups excluding carboxylic acids is 1. The molecule has 1 aromatic carbocycles. The fourth-order valence-corrected chi connectivity index (χ4v) is 3.70. The van der Waals surface area contributed by atoms with E-state index in [1.807, 2.05) is 24.3 Å². The van der Waals surface area contributed by atoms with Gasteiger partial charge in [0.1, 0.15) is 0 Å². The zero-order chi connectivity index (χ0) is 18.6. The summed E-state index contributed by atoms with van der Waals surface area (Å²) in [6.07, 6.45) is 6.99. The van der Waals surface area contributed by atoms with Gasteiger partial charge < -0.3 is 14.2 Å². The van der Waals surface area contributed by atoms with Gasteiger partial charge >= 0.3 is 5.97 Å². The zero-order valence-corrected chi connectivity index (χ0v) is 15.9. The van der Waals surface area contributed by atoms with Crippen LogP contribution in [0.5, 0.6) is 0 Å². The van der Waals surface area contributed by atoms with E-state index in [1.54, 1.807) is 12.1 Å². The Morgan fingerprint density at radius 1 is 1.31 bits per heavy atom. The van der Waals surface area contributed by atoms with Crippen molar-refractivity contribution in [2.24, 2.45) is 5.92 Å². The van der Waals surface area contributed by atoms with Crippen molar-refractivity contribution in [1.82, 2.24) is 0 Å². The highest BCUT2D eigenvalue weighted by atomic mass is 16.7. The van der Waals surface area contributed by atoms with Crippen molar-refractivity contribution in [2.45, 2.75) is 76.5 Å². The molecule has 2 aliphatic rings. The van der Waals surface area contributed by atoms with Gasteiger partial charge in [-0.2, -0.15) is 0 Å². The van der Waals surface area contributed by atoms with E-state index in [4.69, 9.17) is 14.2 Å². The van der Waals surface area contributed by atoms with Gasteiger partial charge in [-0.1, -0.05) is 31.2 Å². The van der Waals surface area contributed by atoms with E-state index in [-0.39, 0.29) is 23.8 Å². The molecule has 142 valence electrons. The van der Waals surface area contributed by atoms with Gasteiger partial charge in [-0.15, -0.1) is 6.58 Å². The molecule has 3 rings (SSSR count). The molecular formula is C22H30O4. The molecule has 0 spiro atoms. The van der Waals surface area contributed by atoms with Gasteiger partial charge in [0.15, 0.2) is 12.4 Å². The molecule has 4 atom stereocenters. The second-order valence-electron chi connectivity index (χ2n) is 7.71. The van der Waals surface area contributed by atoms with Crippen LogP contribution in [0.25, 0.3) is 0 Å². The van der Waals surface area contributed by atoms with E-state index >= 15 is 0 Å². The Kier molecular flexibility index (Phi) is 6.15. The monoisotopic (exact) mass is 358 g/mol. The first-order valence-corrected chi connectivity index (χ1v) is 9.73. The normalized spacial score (nSPS) is 30.2. The number of rotatable bonds is 7. The smallest absolute Gasteiger partial charge is 0.338 e. The predicted molar refractivity (Wildman–Crippen MR) is 101 cm³/mol. The van der Waals surface area contributed by atoms with Crippen molar-refractivity contribution >= 4 is 5.97 Å². The van der Waals surface area contributed by atoms with Gasteiger partial charge in [-0.3, -0.25) is 0 Å². The Hall–Kier alpha value is -1.65. The van der Waals surface area contributed by atoms with E-state index in [1.165, 1.54) is 6.42 Å². The minimum absolute atomic E-state index is 0.0863. The molecule has 1 aliphatic heterocycles. The molecule has 1 saturated carbocycles. The van der Waals surface area contributed by atoms with Crippen molar-refractivity contribution in [1.29, 1.82) is 0 Å². The lowest BCUT2D eigenvalue weighted by Crippen LogP contribution is -2.52. The Labute approximate surface area is 156 Å². The summed E-state index contributed by atoms with van der Waals surface area (Å²) in [4.78, 5) is 12.5. The van der Waals surface area contributed by atoms with Crippen LogP contribution in [0.1, 0.15) is 62.7 Å². The number of hydrogen-bond donors (Lipinski definition) is 0. The average molecular weight is 358 g/mol. The fraction of sp³-hybridized carbons (Fsp3) is 0.591. The topological polar surface area (TPSA) is 44.8 Å². The first kappa shape index (κ1) is 19.1. The third-order valence-corrected chi connectivity index (χ3v) is 5.76. The molecule has 1 aromatic rings. The molecule has 0 bridgehead atoms. The standard InChI is InChI=1S/C22H30O4/c1-4-5-12-22(13-9-14-22)26-21-19(15-16(2)17(3)24-21)25-20(23)18-10-7-6-8-11-18/h4,6-8,10-11,16-17,19,21H,1,5,9,12-15H2,2-3H3/t16-,17+,19-,21+/m1/s1. The lowest BCUT2D eigenvalue weighted by molar-refractivity contribution is -0.302. The van der Waals surface area contributed by atoms with Crippen LogP contribution in [0.4, 0.5) is 0 Å². The molecule has 1 saturated heterocycles. The van der Waals surface area contributed by atoms with E-state index in [0.29, 0.717) is 11.5 Å². The highest BCUT2D eigenvalue weighted by Gasteiger charge is 2.45. The summed E-state index contributed by atoms with van der Waals surface area (Å²) in [6.45, 7) is 8.01. The van der Waals surface area contributed by atoms with E-state index in [0.717, 1.165) is 32.1 Å². The van der Waals surface area contributed by atoms with Crippen molar-refractivity contribution in [3.05, 3.63) is 48.6 Å². The summed E-state index contributed by atoms with van der Waals surface area (Å²) in [5, 5.41) is 0. The molecule has 26 heavy (non-hydrogen) atoms. The van der Waals surface area contributed by atoms with Gasteiger partial charge in [0.25, 0.3) is 0 Å². The molecule has 1 aliphatic carbocycles. The minimum Gasteiger partial charge on any atom is -0.453 e. The molecular weight excluding hydrogens is 328 g/mol. The number of allylic oxidation sites excluding steroid dienone is 1. The number of hydrogen-bond acceptors (Lipinski definition) is 4. The van der Waals surface area contributed by atoms with Gasteiger partial charge in [-0.05, 0) is 63.5 Å². The van der Waals surface area contributed by atoms with Crippen LogP contribution >= 0.6 is 0 Å². The number of benzene rings is 1. The second kappa shape index (κ2) is 8.36. The van der Waals surface area contributed by atoms with Crippen LogP contribution in [-0.4, -0.2) is 30.1 Å². The average Bonchev–Trinajstić information content (AvgIpc) is 2.61. The van der Waals surface area contributed by atoms with Gasteiger partial charge in [-0.25, -0.2) is 4.79 Å². The predicted octanol–water partition coefficient (Wildman–Crippen LogP) is 4.89. The highest BCUT2D eigenvalue weighted by Crippen LogP contribution is 2.43. The lowest BCUT2D eigenvalue weighted by Gasteiger charge is -2.47. The number of ether oxygens (including phenoxy) is 3. The van der Waals surface area contributed by atoms with E-state index in [2.05, 4.69) is 20.4 Å². The van der Waals surface area contributed by atoms with Crippen LogP contribution < -0.4 is 0 Å². The number of carbonyl (C=O) groups is 1. The van der Waals surface area contributed by atoms with Gasteiger partial charge in [0, 0.05) is 0 Å². The van der Waals surface area contributed by atoms with Crippen molar-refractivity contribution < 1.29 is 19.0 Å². The molecule has 0 unspecified atom stereocenters. The first-order chi connectivity index (χ1) is 12.5. The molecule has 0 radical (unpaired) electrons. The van der Waals surface area contributed by atoms with Crippen molar-refractivity contribution in [3.63, 3.8) is 0 Å². The summed E-state index contributed by atoms with van der Waals surface area (Å²) in [5.41, 5.74) is 0.402. The van der Waals surface area contributed by atoms with Crippen LogP contribution in [0, 0.1) is 5.92 Å². The van der Waals surface area contributed by atoms with Gasteiger partial charge in [0.2, 0.25) is 0 Å². The quantitative estimate of drug-likeness (QED) is 0.514. The summed E-state index contributed by atoms with van der Waals surface area (Å²) >= 11 is 0. The minimum atomic E-state index is -0.501. The Bertz CT molecular complexity index is 608. The van der Waals surface area contributed by atoms with E-state index in [9.17, 15) is 4.79 Å². The van der Waals surface area contributed by atoms with Crippen LogP contribution in [0.2, 0.25) is 0 Å². The molecule has 2 fully saturated rings. The van der Waals surface area contributed by atoms with Crippen molar-refractivity contribution in [3.8, 4) is 0 Å². The SMILES string of the molecule is C=CCCC1(O[C@@H]2O[C@@H](C)[C@H](C)C[C@H]2OC(=O)c2ccccc2)CCC1. The zero-order valence-electron chi connectivity index (χ0n) is 15.9. The molecule has 0 aromatic heterocycles. The molecule has 1 heterocycles. The third kappa shape index (κ3) is 4.36.